The van der Waals surface area contributed by atoms with Crippen LogP contribution in [0.2, 0.25) is 0 Å². The Morgan fingerprint density at radius 1 is 0.708 bits per heavy atom. The number of pyridine rings is 1. The van der Waals surface area contributed by atoms with Gasteiger partial charge in [0.15, 0.2) is 5.75 Å². The van der Waals surface area contributed by atoms with E-state index in [2.05, 4.69) is 17.1 Å². The van der Waals surface area contributed by atoms with Gasteiger partial charge in [-0.15, -0.1) is 0 Å². The van der Waals surface area contributed by atoms with E-state index >= 15 is 0 Å². The van der Waals surface area contributed by atoms with Crippen molar-refractivity contribution in [2.45, 2.75) is 0 Å². The summed E-state index contributed by atoms with van der Waals surface area (Å²) in [7, 11) is 0. The average molecular weight is 313 g/mol. The number of nitrogens with one attached hydrogen (secondary N) is 1. The summed E-state index contributed by atoms with van der Waals surface area (Å²) in [5.41, 5.74) is 4.48. The first-order chi connectivity index (χ1) is 11.7. The molecule has 0 bridgehead atoms. The third-order valence-corrected chi connectivity index (χ3v) is 4.13. The predicted molar refractivity (Wildman–Crippen MR) is 97.1 cm³/mol. The fraction of sp³-hybridized carbons (Fsp3) is 0. The monoisotopic (exact) mass is 313 g/mol. The van der Waals surface area contributed by atoms with Crippen molar-refractivity contribution in [2.75, 3.05) is 0 Å². The molecule has 0 atom stereocenters. The van der Waals surface area contributed by atoms with E-state index in [0.29, 0.717) is 5.52 Å². The average Bonchev–Trinajstić information content (AvgIpc) is 2.63. The highest BCUT2D eigenvalue weighted by Gasteiger charge is 2.11. The Bertz CT molecular complexity index is 1070. The quantitative estimate of drug-likeness (QED) is 0.569. The molecular formula is C21H15NO2. The Labute approximate surface area is 138 Å². The molecular weight excluding hydrogens is 298 g/mol. The van der Waals surface area contributed by atoms with Gasteiger partial charge in [0, 0.05) is 10.9 Å². The fourth-order valence-corrected chi connectivity index (χ4v) is 2.96. The van der Waals surface area contributed by atoms with Crippen LogP contribution in [0.1, 0.15) is 0 Å². The van der Waals surface area contributed by atoms with Gasteiger partial charge in [-0.2, -0.15) is 0 Å². The van der Waals surface area contributed by atoms with Crippen molar-refractivity contribution in [2.24, 2.45) is 0 Å². The summed E-state index contributed by atoms with van der Waals surface area (Å²) in [6, 6.07) is 25.6. The molecule has 1 heterocycles. The summed E-state index contributed by atoms with van der Waals surface area (Å²) >= 11 is 0. The van der Waals surface area contributed by atoms with Gasteiger partial charge in [0.1, 0.15) is 0 Å². The van der Waals surface area contributed by atoms with E-state index in [9.17, 15) is 9.90 Å². The van der Waals surface area contributed by atoms with Crippen LogP contribution in [0.15, 0.2) is 83.7 Å². The summed E-state index contributed by atoms with van der Waals surface area (Å²) in [6.45, 7) is 0. The molecule has 116 valence electrons. The van der Waals surface area contributed by atoms with Crippen molar-refractivity contribution in [1.82, 2.24) is 4.98 Å². The summed E-state index contributed by atoms with van der Waals surface area (Å²) in [6.07, 6.45) is 0. The molecule has 0 aliphatic carbocycles. The smallest absolute Gasteiger partial charge is 0.290 e. The number of aromatic amines is 1. The normalized spacial score (nSPS) is 10.8. The van der Waals surface area contributed by atoms with E-state index in [0.717, 1.165) is 27.6 Å². The highest BCUT2D eigenvalue weighted by Crippen LogP contribution is 2.35. The zero-order valence-corrected chi connectivity index (χ0v) is 12.9. The molecule has 4 aromatic rings. The van der Waals surface area contributed by atoms with Crippen molar-refractivity contribution in [1.29, 1.82) is 0 Å². The van der Waals surface area contributed by atoms with Crippen LogP contribution in [0.4, 0.5) is 0 Å². The van der Waals surface area contributed by atoms with Crippen LogP contribution in [0.5, 0.6) is 5.75 Å². The van der Waals surface area contributed by atoms with Crippen LogP contribution in [-0.4, -0.2) is 10.1 Å². The summed E-state index contributed by atoms with van der Waals surface area (Å²) in [4.78, 5) is 14.5. The van der Waals surface area contributed by atoms with E-state index in [-0.39, 0.29) is 5.75 Å². The fourth-order valence-electron chi connectivity index (χ4n) is 2.96. The molecule has 2 N–H and O–H groups in total. The largest absolute Gasteiger partial charge is 0.503 e. The van der Waals surface area contributed by atoms with E-state index in [1.807, 2.05) is 60.7 Å². The third-order valence-electron chi connectivity index (χ3n) is 4.13. The second kappa shape index (κ2) is 5.70. The second-order valence-electron chi connectivity index (χ2n) is 5.70. The Balaban J connectivity index is 2.07. The van der Waals surface area contributed by atoms with Gasteiger partial charge in [0.25, 0.3) is 5.56 Å². The Hall–Kier alpha value is -3.33. The second-order valence-corrected chi connectivity index (χ2v) is 5.70. The minimum atomic E-state index is -0.478. The van der Waals surface area contributed by atoms with Gasteiger partial charge >= 0.3 is 0 Å². The van der Waals surface area contributed by atoms with Crippen LogP contribution in [0.25, 0.3) is 33.2 Å². The Morgan fingerprint density at radius 3 is 1.83 bits per heavy atom. The zero-order chi connectivity index (χ0) is 16.5. The summed E-state index contributed by atoms with van der Waals surface area (Å²) < 4.78 is 0. The third kappa shape index (κ3) is 2.46. The molecule has 0 aliphatic heterocycles. The van der Waals surface area contributed by atoms with E-state index < -0.39 is 5.56 Å². The van der Waals surface area contributed by atoms with Crippen molar-refractivity contribution in [3.63, 3.8) is 0 Å². The lowest BCUT2D eigenvalue weighted by Gasteiger charge is -2.12. The number of fused-ring (bicyclic) bond motifs is 1. The molecule has 3 heteroatoms. The number of aromatic nitrogens is 1. The van der Waals surface area contributed by atoms with Gasteiger partial charge in [-0.3, -0.25) is 4.79 Å². The van der Waals surface area contributed by atoms with Gasteiger partial charge in [0.05, 0.1) is 0 Å². The Morgan fingerprint density at radius 2 is 1.25 bits per heavy atom. The van der Waals surface area contributed by atoms with Crippen molar-refractivity contribution < 1.29 is 5.11 Å². The van der Waals surface area contributed by atoms with Gasteiger partial charge in [0.2, 0.25) is 0 Å². The number of hydrogen-bond acceptors (Lipinski definition) is 2. The van der Waals surface area contributed by atoms with Crippen molar-refractivity contribution >= 4 is 10.9 Å². The van der Waals surface area contributed by atoms with E-state index in [1.54, 1.807) is 0 Å². The molecule has 0 saturated heterocycles. The minimum Gasteiger partial charge on any atom is -0.503 e. The van der Waals surface area contributed by atoms with Gasteiger partial charge in [-0.05, 0) is 40.5 Å². The molecule has 3 nitrogen and oxygen atoms in total. The van der Waals surface area contributed by atoms with E-state index in [1.165, 1.54) is 6.07 Å². The molecule has 0 radical (unpaired) electrons. The zero-order valence-electron chi connectivity index (χ0n) is 12.9. The van der Waals surface area contributed by atoms with Crippen molar-refractivity contribution in [3.05, 3.63) is 89.2 Å². The molecule has 3 aromatic carbocycles. The first-order valence-electron chi connectivity index (χ1n) is 7.73. The maximum Gasteiger partial charge on any atom is 0.290 e. The van der Waals surface area contributed by atoms with Gasteiger partial charge in [-0.1, -0.05) is 60.7 Å². The molecule has 1 aromatic heterocycles. The molecule has 4 rings (SSSR count). The highest BCUT2D eigenvalue weighted by atomic mass is 16.3. The molecule has 0 aliphatic rings. The summed E-state index contributed by atoms with van der Waals surface area (Å²) in [5, 5.41) is 10.5. The maximum atomic E-state index is 11.7. The molecule has 0 spiro atoms. The predicted octanol–water partition coefficient (Wildman–Crippen LogP) is 4.57. The number of benzene rings is 3. The SMILES string of the molecule is O=c1[nH]c2cc(-c3ccccc3)c(-c3ccccc3)cc2cc1O. The van der Waals surface area contributed by atoms with E-state index in [4.69, 9.17) is 0 Å². The Kier molecular flexibility index (Phi) is 3.39. The lowest BCUT2D eigenvalue weighted by molar-refractivity contribution is 0.468. The van der Waals surface area contributed by atoms with Crippen LogP contribution in [0.3, 0.4) is 0 Å². The number of aromatic hydroxyl groups is 1. The van der Waals surface area contributed by atoms with Crippen LogP contribution in [-0.2, 0) is 0 Å². The molecule has 0 amide bonds. The maximum absolute atomic E-state index is 11.7. The molecule has 0 fully saturated rings. The number of H-pyrrole nitrogens is 1. The standard InChI is InChI=1S/C21H15NO2/c23-20-12-16-11-17(14-7-3-1-4-8-14)18(13-19(16)22-21(20)24)15-9-5-2-6-10-15/h1-13,23H,(H,22,24). The van der Waals surface area contributed by atoms with Crippen LogP contribution < -0.4 is 5.56 Å². The lowest BCUT2D eigenvalue weighted by atomic mass is 9.93. The van der Waals surface area contributed by atoms with Crippen molar-refractivity contribution in [3.8, 4) is 28.0 Å². The van der Waals surface area contributed by atoms with Gasteiger partial charge < -0.3 is 10.1 Å². The first-order valence-corrected chi connectivity index (χ1v) is 7.73. The molecule has 24 heavy (non-hydrogen) atoms. The first kappa shape index (κ1) is 14.3. The lowest BCUT2D eigenvalue weighted by Crippen LogP contribution is -2.04. The summed E-state index contributed by atoms with van der Waals surface area (Å²) in [5.74, 6) is -0.269. The minimum absolute atomic E-state index is 0.269. The van der Waals surface area contributed by atoms with Crippen LogP contribution in [0, 0.1) is 0 Å². The van der Waals surface area contributed by atoms with Gasteiger partial charge in [-0.25, -0.2) is 0 Å². The molecule has 0 unspecified atom stereocenters. The highest BCUT2D eigenvalue weighted by molar-refractivity contribution is 5.95. The molecule has 0 saturated carbocycles. The number of hydrogen-bond donors (Lipinski definition) is 2. The number of rotatable bonds is 2. The topological polar surface area (TPSA) is 53.1 Å². The van der Waals surface area contributed by atoms with Crippen LogP contribution >= 0.6 is 0 Å².